The first-order valence-corrected chi connectivity index (χ1v) is 8.83. The van der Waals surface area contributed by atoms with Gasteiger partial charge < -0.3 is 5.32 Å². The summed E-state index contributed by atoms with van der Waals surface area (Å²) in [7, 11) is 0. The van der Waals surface area contributed by atoms with Crippen molar-refractivity contribution in [1.29, 1.82) is 0 Å². The highest BCUT2D eigenvalue weighted by Crippen LogP contribution is 2.24. The van der Waals surface area contributed by atoms with E-state index in [2.05, 4.69) is 20.5 Å². The molecule has 6 nitrogen and oxygen atoms in total. The molecule has 1 aromatic carbocycles. The summed E-state index contributed by atoms with van der Waals surface area (Å²) in [4.78, 5) is 16.6. The average molecular weight is 367 g/mol. The lowest BCUT2D eigenvalue weighted by molar-refractivity contribution is -0.120. The predicted octanol–water partition coefficient (Wildman–Crippen LogP) is 2.85. The monoisotopic (exact) mass is 367 g/mol. The maximum Gasteiger partial charge on any atom is 0.226 e. The molecule has 0 aliphatic rings. The third-order valence-electron chi connectivity index (χ3n) is 3.79. The second kappa shape index (κ2) is 7.01. The summed E-state index contributed by atoms with van der Waals surface area (Å²) < 4.78 is 15.1. The minimum absolute atomic E-state index is 0.155. The molecule has 4 rings (SSSR count). The largest absolute Gasteiger partial charge is 0.348 e. The number of nitrogens with one attached hydrogen (secondary N) is 1. The molecule has 1 amide bonds. The van der Waals surface area contributed by atoms with Crippen LogP contribution in [0.1, 0.15) is 11.5 Å². The van der Waals surface area contributed by atoms with Gasteiger partial charge >= 0.3 is 0 Å². The molecule has 3 heterocycles. The van der Waals surface area contributed by atoms with Crippen LogP contribution in [0.15, 0.2) is 54.0 Å². The summed E-state index contributed by atoms with van der Waals surface area (Å²) >= 11 is 1.39. The van der Waals surface area contributed by atoms with E-state index >= 15 is 0 Å². The van der Waals surface area contributed by atoms with Crippen LogP contribution in [0.2, 0.25) is 0 Å². The Hall–Kier alpha value is -3.13. The Balaban J connectivity index is 1.39. The van der Waals surface area contributed by atoms with Gasteiger partial charge in [-0.15, -0.1) is 21.5 Å². The number of amides is 1. The van der Waals surface area contributed by atoms with Gasteiger partial charge in [-0.25, -0.2) is 9.37 Å². The fourth-order valence-corrected chi connectivity index (χ4v) is 3.38. The van der Waals surface area contributed by atoms with E-state index in [1.165, 1.54) is 23.5 Å². The Morgan fingerprint density at radius 1 is 1.19 bits per heavy atom. The van der Waals surface area contributed by atoms with Crippen LogP contribution in [0.5, 0.6) is 0 Å². The minimum atomic E-state index is -0.308. The van der Waals surface area contributed by atoms with Crippen LogP contribution in [-0.4, -0.2) is 25.5 Å². The number of thiazole rings is 1. The Labute approximate surface area is 152 Å². The number of pyridine rings is 1. The second-order valence-electron chi connectivity index (χ2n) is 5.65. The van der Waals surface area contributed by atoms with Crippen LogP contribution >= 0.6 is 11.3 Å². The van der Waals surface area contributed by atoms with Crippen molar-refractivity contribution < 1.29 is 9.18 Å². The highest BCUT2D eigenvalue weighted by atomic mass is 32.1. The lowest BCUT2D eigenvalue weighted by atomic mass is 10.2. The Morgan fingerprint density at radius 2 is 2.12 bits per heavy atom. The summed E-state index contributed by atoms with van der Waals surface area (Å²) in [6.07, 6.45) is 2.01. The second-order valence-corrected chi connectivity index (χ2v) is 6.51. The molecule has 1 N–H and O–H groups in total. The molecule has 0 bridgehead atoms. The molecule has 0 spiro atoms. The van der Waals surface area contributed by atoms with E-state index in [1.54, 1.807) is 12.1 Å². The third kappa shape index (κ3) is 3.45. The molecule has 0 saturated heterocycles. The van der Waals surface area contributed by atoms with Gasteiger partial charge in [-0.3, -0.25) is 9.20 Å². The van der Waals surface area contributed by atoms with Crippen LogP contribution in [0.4, 0.5) is 4.39 Å². The van der Waals surface area contributed by atoms with Crippen molar-refractivity contribution >= 4 is 22.9 Å². The predicted molar refractivity (Wildman–Crippen MR) is 96.0 cm³/mol. The molecule has 0 atom stereocenters. The first-order chi connectivity index (χ1) is 12.7. The van der Waals surface area contributed by atoms with Crippen molar-refractivity contribution in [3.05, 3.63) is 71.4 Å². The Bertz CT molecular complexity index is 1070. The number of fused-ring (bicyclic) bond motifs is 1. The number of nitrogens with zero attached hydrogens (tertiary/aromatic N) is 4. The number of hydrogen-bond acceptors (Lipinski definition) is 5. The van der Waals surface area contributed by atoms with Crippen molar-refractivity contribution in [3.63, 3.8) is 0 Å². The van der Waals surface area contributed by atoms with Gasteiger partial charge in [-0.1, -0.05) is 18.2 Å². The number of carbonyl (C=O) groups is 1. The zero-order valence-corrected chi connectivity index (χ0v) is 14.4. The average Bonchev–Trinajstić information content (AvgIpc) is 3.27. The van der Waals surface area contributed by atoms with Gasteiger partial charge in [0.25, 0.3) is 0 Å². The maximum atomic E-state index is 13.3. The molecule has 3 aromatic heterocycles. The third-order valence-corrected chi connectivity index (χ3v) is 4.73. The number of carbonyl (C=O) groups excluding carboxylic acids is 1. The smallest absolute Gasteiger partial charge is 0.226 e. The van der Waals surface area contributed by atoms with E-state index < -0.39 is 0 Å². The lowest BCUT2D eigenvalue weighted by Gasteiger charge is -2.03. The fraction of sp³-hybridized carbons (Fsp3) is 0.111. The van der Waals surface area contributed by atoms with Crippen LogP contribution in [0.3, 0.4) is 0 Å². The van der Waals surface area contributed by atoms with Crippen molar-refractivity contribution in [1.82, 2.24) is 24.9 Å². The van der Waals surface area contributed by atoms with Gasteiger partial charge in [-0.2, -0.15) is 0 Å². The molecule has 0 aliphatic heterocycles. The first kappa shape index (κ1) is 16.3. The van der Waals surface area contributed by atoms with Crippen molar-refractivity contribution in [3.8, 4) is 10.6 Å². The van der Waals surface area contributed by atoms with Crippen LogP contribution in [0.25, 0.3) is 16.2 Å². The SMILES string of the molecule is O=C(Cc1csc(-c2cccc(F)c2)n1)NCc1nnc2ccccn12. The molecule has 0 unspecified atom stereocenters. The van der Waals surface area contributed by atoms with E-state index in [0.29, 0.717) is 22.1 Å². The standard InChI is InChI=1S/C18H14FN5OS/c19-13-5-3-4-12(8-13)18-21-14(11-26-18)9-17(25)20-10-16-23-22-15-6-1-2-7-24(15)16/h1-8,11H,9-10H2,(H,20,25). The van der Waals surface area contributed by atoms with Gasteiger partial charge in [-0.05, 0) is 24.3 Å². The summed E-state index contributed by atoms with van der Waals surface area (Å²) in [5, 5.41) is 13.4. The Morgan fingerprint density at radius 3 is 3.00 bits per heavy atom. The van der Waals surface area contributed by atoms with Crippen LogP contribution in [-0.2, 0) is 17.8 Å². The normalized spacial score (nSPS) is 11.0. The highest BCUT2D eigenvalue weighted by molar-refractivity contribution is 7.13. The van der Waals surface area contributed by atoms with E-state index in [-0.39, 0.29) is 24.7 Å². The first-order valence-electron chi connectivity index (χ1n) is 7.95. The maximum absolute atomic E-state index is 13.3. The summed E-state index contributed by atoms with van der Waals surface area (Å²) in [6.45, 7) is 0.283. The lowest BCUT2D eigenvalue weighted by Crippen LogP contribution is -2.25. The fourth-order valence-electron chi connectivity index (χ4n) is 2.56. The molecule has 0 saturated carbocycles. The molecule has 26 heavy (non-hydrogen) atoms. The summed E-state index contributed by atoms with van der Waals surface area (Å²) in [5.41, 5.74) is 2.09. The van der Waals surface area contributed by atoms with Gasteiger partial charge in [0.15, 0.2) is 11.5 Å². The number of rotatable bonds is 5. The molecular formula is C18H14FN5OS. The van der Waals surface area contributed by atoms with Crippen LogP contribution in [0, 0.1) is 5.82 Å². The number of benzene rings is 1. The number of hydrogen-bond donors (Lipinski definition) is 1. The van der Waals surface area contributed by atoms with E-state index in [4.69, 9.17) is 0 Å². The van der Waals surface area contributed by atoms with Crippen molar-refractivity contribution in [2.24, 2.45) is 0 Å². The summed E-state index contributed by atoms with van der Waals surface area (Å²) in [6, 6.07) is 11.9. The Kier molecular flexibility index (Phi) is 4.40. The van der Waals surface area contributed by atoms with E-state index in [1.807, 2.05) is 34.2 Å². The molecule has 0 radical (unpaired) electrons. The van der Waals surface area contributed by atoms with Gasteiger partial charge in [0.1, 0.15) is 10.8 Å². The summed E-state index contributed by atoms with van der Waals surface area (Å²) in [5.74, 6) is 0.193. The molecule has 130 valence electrons. The molecule has 0 fully saturated rings. The van der Waals surface area contributed by atoms with E-state index in [9.17, 15) is 9.18 Å². The van der Waals surface area contributed by atoms with Crippen LogP contribution < -0.4 is 5.32 Å². The van der Waals surface area contributed by atoms with Gasteiger partial charge in [0.05, 0.1) is 18.7 Å². The van der Waals surface area contributed by atoms with Gasteiger partial charge in [0, 0.05) is 17.1 Å². The quantitative estimate of drug-likeness (QED) is 0.589. The number of halogens is 1. The molecular weight excluding hydrogens is 353 g/mol. The van der Waals surface area contributed by atoms with Gasteiger partial charge in [0.2, 0.25) is 5.91 Å². The minimum Gasteiger partial charge on any atom is -0.348 e. The topological polar surface area (TPSA) is 72.2 Å². The van der Waals surface area contributed by atoms with E-state index in [0.717, 1.165) is 5.65 Å². The van der Waals surface area contributed by atoms with Crippen molar-refractivity contribution in [2.45, 2.75) is 13.0 Å². The highest BCUT2D eigenvalue weighted by Gasteiger charge is 2.11. The molecule has 4 aromatic rings. The zero-order chi connectivity index (χ0) is 17.9. The zero-order valence-electron chi connectivity index (χ0n) is 13.6. The number of aromatic nitrogens is 4. The molecule has 0 aliphatic carbocycles. The van der Waals surface area contributed by atoms with Crippen molar-refractivity contribution in [2.75, 3.05) is 0 Å². The molecule has 8 heteroatoms.